The van der Waals surface area contributed by atoms with Crippen molar-refractivity contribution in [2.45, 2.75) is 12.8 Å². The van der Waals surface area contributed by atoms with Gasteiger partial charge in [-0.1, -0.05) is 12.2 Å². The van der Waals surface area contributed by atoms with Gasteiger partial charge in [0.15, 0.2) is 0 Å². The summed E-state index contributed by atoms with van der Waals surface area (Å²) >= 11 is 4.60. The molecule has 1 atom stereocenters. The van der Waals surface area contributed by atoms with Crippen LogP contribution in [0.4, 0.5) is 0 Å². The first kappa shape index (κ1) is 13.9. The van der Waals surface area contributed by atoms with Gasteiger partial charge in [0.1, 0.15) is 0 Å². The van der Waals surface area contributed by atoms with Crippen LogP contribution < -0.4 is 11.1 Å². The molecule has 1 unspecified atom stereocenters. The molecule has 6 nitrogen and oxygen atoms in total. The van der Waals surface area contributed by atoms with Crippen molar-refractivity contribution in [1.82, 2.24) is 10.2 Å². The van der Waals surface area contributed by atoms with Crippen LogP contribution in [0.15, 0.2) is 0 Å². The highest BCUT2D eigenvalue weighted by atomic mass is 32.1. The van der Waals surface area contributed by atoms with E-state index < -0.39 is 11.8 Å². The lowest BCUT2D eigenvalue weighted by Gasteiger charge is -2.31. The summed E-state index contributed by atoms with van der Waals surface area (Å²) in [6, 6.07) is 0. The summed E-state index contributed by atoms with van der Waals surface area (Å²) in [6.07, 6.45) is 1.69. The first-order valence-electron chi connectivity index (χ1n) is 5.51. The molecule has 1 rings (SSSR count). The number of rotatable bonds is 3. The van der Waals surface area contributed by atoms with E-state index in [1.807, 2.05) is 0 Å². The van der Waals surface area contributed by atoms with Crippen molar-refractivity contribution < 1.29 is 14.7 Å². The maximum absolute atomic E-state index is 11.7. The first-order chi connectivity index (χ1) is 8.04. The highest BCUT2D eigenvalue weighted by molar-refractivity contribution is 7.80. The number of nitrogens with two attached hydrogens (primary N) is 1. The van der Waals surface area contributed by atoms with Crippen LogP contribution in [0.2, 0.25) is 0 Å². The maximum Gasteiger partial charge on any atom is 0.311 e. The zero-order valence-electron chi connectivity index (χ0n) is 9.52. The van der Waals surface area contributed by atoms with Crippen LogP contribution in [0.1, 0.15) is 12.8 Å². The van der Waals surface area contributed by atoms with Crippen LogP contribution in [0.25, 0.3) is 0 Å². The van der Waals surface area contributed by atoms with E-state index in [-0.39, 0.29) is 24.1 Å². The van der Waals surface area contributed by atoms with Gasteiger partial charge in [0.05, 0.1) is 11.5 Å². The molecule has 4 N–H and O–H groups in total. The molecule has 1 fully saturated rings. The molecular formula is C10H17N3O3S. The number of carbonyl (C=O) groups is 2. The van der Waals surface area contributed by atoms with E-state index in [0.29, 0.717) is 13.1 Å². The summed E-state index contributed by atoms with van der Waals surface area (Å²) in [5.74, 6) is -1.22. The van der Waals surface area contributed by atoms with Gasteiger partial charge < -0.3 is 21.1 Å². The van der Waals surface area contributed by atoms with Gasteiger partial charge in [-0.25, -0.2) is 0 Å². The number of hydrogen-bond donors (Lipinski definition) is 3. The number of amides is 2. The van der Waals surface area contributed by atoms with Gasteiger partial charge in [0.2, 0.25) is 0 Å². The summed E-state index contributed by atoms with van der Waals surface area (Å²) in [5, 5.41) is 11.4. The van der Waals surface area contributed by atoms with Gasteiger partial charge in [0.25, 0.3) is 0 Å². The van der Waals surface area contributed by atoms with Crippen LogP contribution in [-0.4, -0.2) is 53.1 Å². The molecular weight excluding hydrogens is 242 g/mol. The smallest absolute Gasteiger partial charge is 0.311 e. The number of aliphatic hydroxyl groups excluding tert-OH is 1. The second kappa shape index (κ2) is 6.51. The fourth-order valence-corrected chi connectivity index (χ4v) is 1.86. The zero-order chi connectivity index (χ0) is 12.8. The van der Waals surface area contributed by atoms with Gasteiger partial charge in [0, 0.05) is 19.7 Å². The van der Waals surface area contributed by atoms with E-state index >= 15 is 0 Å². The number of likely N-dealkylation sites (tertiary alicyclic amines) is 1. The van der Waals surface area contributed by atoms with Crippen LogP contribution in [0.5, 0.6) is 0 Å². The fourth-order valence-electron chi connectivity index (χ4n) is 1.79. The molecule has 1 heterocycles. The Morgan fingerprint density at radius 3 is 2.82 bits per heavy atom. The van der Waals surface area contributed by atoms with Crippen molar-refractivity contribution >= 4 is 29.0 Å². The van der Waals surface area contributed by atoms with Crippen molar-refractivity contribution in [3.63, 3.8) is 0 Å². The van der Waals surface area contributed by atoms with E-state index in [1.54, 1.807) is 0 Å². The van der Waals surface area contributed by atoms with Crippen molar-refractivity contribution in [2.75, 3.05) is 26.2 Å². The van der Waals surface area contributed by atoms with Gasteiger partial charge in [-0.15, -0.1) is 0 Å². The molecule has 96 valence electrons. The Hall–Kier alpha value is -1.21. The van der Waals surface area contributed by atoms with E-state index in [1.165, 1.54) is 4.90 Å². The summed E-state index contributed by atoms with van der Waals surface area (Å²) in [6.45, 7) is 1.04. The topological polar surface area (TPSA) is 95.7 Å². The van der Waals surface area contributed by atoms with E-state index in [9.17, 15) is 9.59 Å². The molecule has 0 bridgehead atoms. The minimum Gasteiger partial charge on any atom is -0.396 e. The minimum absolute atomic E-state index is 0.0250. The molecule has 0 aromatic rings. The van der Waals surface area contributed by atoms with Crippen LogP contribution in [-0.2, 0) is 9.59 Å². The standard InChI is InChI=1S/C10H17N3O3S/c11-8(17)4-12-9(15)10(16)13-3-1-2-7(5-13)6-14/h7,14H,1-6H2,(H2,11,17)(H,12,15). The Labute approximate surface area is 105 Å². The highest BCUT2D eigenvalue weighted by Gasteiger charge is 2.27. The lowest BCUT2D eigenvalue weighted by molar-refractivity contribution is -0.147. The van der Waals surface area contributed by atoms with E-state index in [2.05, 4.69) is 17.5 Å². The molecule has 0 radical (unpaired) electrons. The molecule has 0 aliphatic carbocycles. The second-order valence-corrected chi connectivity index (χ2v) is 4.62. The van der Waals surface area contributed by atoms with E-state index in [4.69, 9.17) is 10.8 Å². The largest absolute Gasteiger partial charge is 0.396 e. The number of piperidine rings is 1. The quantitative estimate of drug-likeness (QED) is 0.429. The molecule has 0 spiro atoms. The predicted molar refractivity (Wildman–Crippen MR) is 66.2 cm³/mol. The lowest BCUT2D eigenvalue weighted by Crippen LogP contribution is -2.48. The highest BCUT2D eigenvalue weighted by Crippen LogP contribution is 2.15. The Kier molecular flexibility index (Phi) is 5.30. The van der Waals surface area contributed by atoms with Crippen LogP contribution >= 0.6 is 12.2 Å². The maximum atomic E-state index is 11.7. The normalized spacial score (nSPS) is 19.8. The Morgan fingerprint density at radius 1 is 1.53 bits per heavy atom. The molecule has 0 aromatic carbocycles. The van der Waals surface area contributed by atoms with Crippen molar-refractivity contribution in [2.24, 2.45) is 11.7 Å². The monoisotopic (exact) mass is 259 g/mol. The third kappa shape index (κ3) is 4.27. The van der Waals surface area contributed by atoms with E-state index in [0.717, 1.165) is 12.8 Å². The number of hydrogen-bond acceptors (Lipinski definition) is 4. The number of nitrogens with zero attached hydrogens (tertiary/aromatic N) is 1. The molecule has 0 aromatic heterocycles. The Morgan fingerprint density at radius 2 is 2.24 bits per heavy atom. The predicted octanol–water partition coefficient (Wildman–Crippen LogP) is -1.38. The second-order valence-electron chi connectivity index (χ2n) is 4.09. The van der Waals surface area contributed by atoms with Crippen molar-refractivity contribution in [3.05, 3.63) is 0 Å². The molecule has 7 heteroatoms. The van der Waals surface area contributed by atoms with Gasteiger partial charge in [-0.3, -0.25) is 9.59 Å². The molecule has 1 aliphatic heterocycles. The van der Waals surface area contributed by atoms with Crippen LogP contribution in [0, 0.1) is 5.92 Å². The fraction of sp³-hybridized carbons (Fsp3) is 0.700. The third-order valence-corrected chi connectivity index (χ3v) is 2.83. The average molecular weight is 259 g/mol. The number of aliphatic hydroxyl groups is 1. The average Bonchev–Trinajstić information content (AvgIpc) is 2.35. The molecule has 1 saturated heterocycles. The number of nitrogens with one attached hydrogen (secondary N) is 1. The van der Waals surface area contributed by atoms with Gasteiger partial charge >= 0.3 is 11.8 Å². The zero-order valence-corrected chi connectivity index (χ0v) is 10.3. The Balaban J connectivity index is 2.45. The number of thiocarbonyl (C=S) groups is 1. The first-order valence-corrected chi connectivity index (χ1v) is 5.91. The molecule has 17 heavy (non-hydrogen) atoms. The van der Waals surface area contributed by atoms with Crippen molar-refractivity contribution in [1.29, 1.82) is 0 Å². The SMILES string of the molecule is NC(=S)CNC(=O)C(=O)N1CCCC(CO)C1. The third-order valence-electron chi connectivity index (χ3n) is 2.68. The van der Waals surface area contributed by atoms with Gasteiger partial charge in [-0.05, 0) is 18.8 Å². The summed E-state index contributed by atoms with van der Waals surface area (Å²) in [4.78, 5) is 24.8. The number of carbonyl (C=O) groups excluding carboxylic acids is 2. The minimum atomic E-state index is -0.698. The van der Waals surface area contributed by atoms with Gasteiger partial charge in [-0.2, -0.15) is 0 Å². The Bertz CT molecular complexity index is 322. The van der Waals surface area contributed by atoms with Crippen LogP contribution in [0.3, 0.4) is 0 Å². The summed E-state index contributed by atoms with van der Waals surface area (Å²) < 4.78 is 0. The summed E-state index contributed by atoms with van der Waals surface area (Å²) in [5.41, 5.74) is 5.22. The molecule has 1 aliphatic rings. The molecule has 2 amide bonds. The van der Waals surface area contributed by atoms with Crippen molar-refractivity contribution in [3.8, 4) is 0 Å². The lowest BCUT2D eigenvalue weighted by atomic mass is 9.99. The molecule has 0 saturated carbocycles. The summed E-state index contributed by atoms with van der Waals surface area (Å²) in [7, 11) is 0.